The van der Waals surface area contributed by atoms with Crippen LogP contribution in [0, 0.1) is 9.49 Å². The number of halogens is 1. The van der Waals surface area contributed by atoms with E-state index in [2.05, 4.69) is 27.9 Å². The van der Waals surface area contributed by atoms with E-state index < -0.39 is 5.97 Å². The maximum Gasteiger partial charge on any atom is 0.321 e. The lowest BCUT2D eigenvalue weighted by Gasteiger charge is -2.32. The van der Waals surface area contributed by atoms with Gasteiger partial charge in [-0.3, -0.25) is 4.79 Å². The zero-order valence-electron chi connectivity index (χ0n) is 11.7. The SMILES string of the molecule is O=C(O)CCC1CCCN(C(=O)Nc2ccc(I)cc2)C1. The Morgan fingerprint density at radius 3 is 2.71 bits per heavy atom. The minimum Gasteiger partial charge on any atom is -0.481 e. The van der Waals surface area contributed by atoms with E-state index in [-0.39, 0.29) is 18.4 Å². The minimum absolute atomic E-state index is 0.101. The second-order valence-electron chi connectivity index (χ2n) is 5.32. The number of benzene rings is 1. The zero-order valence-corrected chi connectivity index (χ0v) is 13.9. The molecule has 0 spiro atoms. The molecule has 1 aromatic carbocycles. The fraction of sp³-hybridized carbons (Fsp3) is 0.467. The van der Waals surface area contributed by atoms with Crippen molar-refractivity contribution in [1.29, 1.82) is 0 Å². The number of likely N-dealkylation sites (tertiary alicyclic amines) is 1. The molecule has 2 rings (SSSR count). The maximum atomic E-state index is 12.2. The van der Waals surface area contributed by atoms with E-state index in [1.54, 1.807) is 4.90 Å². The van der Waals surface area contributed by atoms with Crippen LogP contribution in [-0.2, 0) is 4.79 Å². The van der Waals surface area contributed by atoms with Crippen molar-refractivity contribution >= 4 is 40.3 Å². The molecule has 1 atom stereocenters. The van der Waals surface area contributed by atoms with Crippen molar-refractivity contribution in [2.75, 3.05) is 18.4 Å². The average molecular weight is 402 g/mol. The molecule has 6 heteroatoms. The highest BCUT2D eigenvalue weighted by atomic mass is 127. The highest BCUT2D eigenvalue weighted by Crippen LogP contribution is 2.22. The van der Waals surface area contributed by atoms with Crippen LogP contribution in [0.5, 0.6) is 0 Å². The van der Waals surface area contributed by atoms with Gasteiger partial charge in [-0.25, -0.2) is 4.79 Å². The Kier molecular flexibility index (Phi) is 5.84. The summed E-state index contributed by atoms with van der Waals surface area (Å²) >= 11 is 2.22. The molecule has 114 valence electrons. The van der Waals surface area contributed by atoms with Crippen LogP contribution in [0.2, 0.25) is 0 Å². The Hall–Kier alpha value is -1.31. The van der Waals surface area contributed by atoms with Gasteiger partial charge in [-0.05, 0) is 72.0 Å². The summed E-state index contributed by atoms with van der Waals surface area (Å²) in [6, 6.07) is 7.55. The largest absolute Gasteiger partial charge is 0.481 e. The average Bonchev–Trinajstić information content (AvgIpc) is 2.48. The van der Waals surface area contributed by atoms with Crippen LogP contribution in [0.1, 0.15) is 25.7 Å². The summed E-state index contributed by atoms with van der Waals surface area (Å²) < 4.78 is 1.12. The Labute approximate surface area is 137 Å². The third-order valence-electron chi connectivity index (χ3n) is 3.67. The summed E-state index contributed by atoms with van der Waals surface area (Å²) in [5.74, 6) is -0.479. The molecule has 0 bridgehead atoms. The van der Waals surface area contributed by atoms with E-state index in [1.807, 2.05) is 24.3 Å². The predicted octanol–water partition coefficient (Wildman–Crippen LogP) is 3.40. The van der Waals surface area contributed by atoms with Crippen molar-refractivity contribution in [3.05, 3.63) is 27.8 Å². The van der Waals surface area contributed by atoms with Gasteiger partial charge in [-0.15, -0.1) is 0 Å². The second-order valence-corrected chi connectivity index (χ2v) is 6.57. The molecule has 0 radical (unpaired) electrons. The molecule has 1 aliphatic heterocycles. The molecule has 2 amide bonds. The molecule has 1 aliphatic rings. The molecule has 1 fully saturated rings. The van der Waals surface area contributed by atoms with Gasteiger partial charge in [0.2, 0.25) is 0 Å². The molecule has 1 heterocycles. The smallest absolute Gasteiger partial charge is 0.321 e. The normalized spacial score (nSPS) is 18.3. The van der Waals surface area contributed by atoms with E-state index in [9.17, 15) is 9.59 Å². The summed E-state index contributed by atoms with van der Waals surface area (Å²) in [5, 5.41) is 11.6. The number of rotatable bonds is 4. The number of hydrogen-bond acceptors (Lipinski definition) is 2. The number of carboxylic acids is 1. The van der Waals surface area contributed by atoms with Gasteiger partial charge in [0.1, 0.15) is 0 Å². The summed E-state index contributed by atoms with van der Waals surface area (Å²) in [6.45, 7) is 1.38. The first kappa shape index (κ1) is 16.1. The first-order chi connectivity index (χ1) is 10.0. The first-order valence-electron chi connectivity index (χ1n) is 7.08. The van der Waals surface area contributed by atoms with E-state index in [1.165, 1.54) is 0 Å². The number of carboxylic acid groups (broad SMARTS) is 1. The Bertz CT molecular complexity index is 504. The Morgan fingerprint density at radius 1 is 1.33 bits per heavy atom. The zero-order chi connectivity index (χ0) is 15.2. The standard InChI is InChI=1S/C15H19IN2O3/c16-12-4-6-13(7-5-12)17-15(21)18-9-1-2-11(10-18)3-8-14(19)20/h4-7,11H,1-3,8-10H2,(H,17,21)(H,19,20). The number of nitrogens with one attached hydrogen (secondary N) is 1. The van der Waals surface area contributed by atoms with E-state index in [0.29, 0.717) is 13.0 Å². The van der Waals surface area contributed by atoms with E-state index >= 15 is 0 Å². The molecule has 0 aliphatic carbocycles. The number of urea groups is 1. The number of amides is 2. The molecule has 1 aromatic rings. The van der Waals surface area contributed by atoms with Crippen LogP contribution in [0.3, 0.4) is 0 Å². The number of carbonyl (C=O) groups is 2. The van der Waals surface area contributed by atoms with Gasteiger partial charge in [0.05, 0.1) is 0 Å². The summed E-state index contributed by atoms with van der Waals surface area (Å²) in [4.78, 5) is 24.7. The van der Waals surface area contributed by atoms with Crippen molar-refractivity contribution in [3.8, 4) is 0 Å². The summed E-state index contributed by atoms with van der Waals surface area (Å²) in [6.07, 6.45) is 2.75. The molecular formula is C15H19IN2O3. The third-order valence-corrected chi connectivity index (χ3v) is 4.39. The Balaban J connectivity index is 1.86. The van der Waals surface area contributed by atoms with Crippen LogP contribution in [0.15, 0.2) is 24.3 Å². The number of piperidine rings is 1. The van der Waals surface area contributed by atoms with Gasteiger partial charge in [0.15, 0.2) is 0 Å². The van der Waals surface area contributed by atoms with Crippen molar-refractivity contribution in [2.45, 2.75) is 25.7 Å². The number of anilines is 1. The topological polar surface area (TPSA) is 69.6 Å². The fourth-order valence-corrected chi connectivity index (χ4v) is 2.91. The maximum absolute atomic E-state index is 12.2. The van der Waals surface area contributed by atoms with Gasteiger partial charge in [0, 0.05) is 28.8 Å². The lowest BCUT2D eigenvalue weighted by Crippen LogP contribution is -2.42. The molecular weight excluding hydrogens is 383 g/mol. The molecule has 21 heavy (non-hydrogen) atoms. The highest BCUT2D eigenvalue weighted by molar-refractivity contribution is 14.1. The van der Waals surface area contributed by atoms with Crippen LogP contribution >= 0.6 is 22.6 Å². The van der Waals surface area contributed by atoms with Gasteiger partial charge in [-0.1, -0.05) is 0 Å². The Morgan fingerprint density at radius 2 is 2.05 bits per heavy atom. The highest BCUT2D eigenvalue weighted by Gasteiger charge is 2.24. The van der Waals surface area contributed by atoms with Crippen molar-refractivity contribution in [3.63, 3.8) is 0 Å². The molecule has 0 aromatic heterocycles. The van der Waals surface area contributed by atoms with Crippen LogP contribution in [0.4, 0.5) is 10.5 Å². The summed E-state index contributed by atoms with van der Waals surface area (Å²) in [7, 11) is 0. The van der Waals surface area contributed by atoms with Crippen molar-refractivity contribution < 1.29 is 14.7 Å². The van der Waals surface area contributed by atoms with Gasteiger partial charge in [-0.2, -0.15) is 0 Å². The first-order valence-corrected chi connectivity index (χ1v) is 8.16. The lowest BCUT2D eigenvalue weighted by atomic mass is 9.93. The third kappa shape index (κ3) is 5.18. The lowest BCUT2D eigenvalue weighted by molar-refractivity contribution is -0.137. The molecule has 1 saturated heterocycles. The number of carbonyl (C=O) groups excluding carboxylic acids is 1. The van der Waals surface area contributed by atoms with Gasteiger partial charge >= 0.3 is 12.0 Å². The fourth-order valence-electron chi connectivity index (χ4n) is 2.55. The quantitative estimate of drug-likeness (QED) is 0.759. The molecule has 1 unspecified atom stereocenters. The molecule has 5 nitrogen and oxygen atoms in total. The number of hydrogen-bond donors (Lipinski definition) is 2. The monoisotopic (exact) mass is 402 g/mol. The van der Waals surface area contributed by atoms with Crippen LogP contribution in [-0.4, -0.2) is 35.1 Å². The second kappa shape index (κ2) is 7.63. The van der Waals surface area contributed by atoms with Crippen LogP contribution in [0.25, 0.3) is 0 Å². The van der Waals surface area contributed by atoms with E-state index in [0.717, 1.165) is 28.6 Å². The molecule has 2 N–H and O–H groups in total. The van der Waals surface area contributed by atoms with Crippen molar-refractivity contribution in [2.24, 2.45) is 5.92 Å². The predicted molar refractivity (Wildman–Crippen MR) is 89.3 cm³/mol. The van der Waals surface area contributed by atoms with Crippen molar-refractivity contribution in [1.82, 2.24) is 4.90 Å². The summed E-state index contributed by atoms with van der Waals surface area (Å²) in [5.41, 5.74) is 0.785. The number of aliphatic carboxylic acids is 1. The van der Waals surface area contributed by atoms with Crippen LogP contribution < -0.4 is 5.32 Å². The minimum atomic E-state index is -0.768. The van der Waals surface area contributed by atoms with Gasteiger partial charge in [0.25, 0.3) is 0 Å². The number of nitrogens with zero attached hydrogens (tertiary/aromatic N) is 1. The van der Waals surface area contributed by atoms with Gasteiger partial charge < -0.3 is 15.3 Å². The molecule has 0 saturated carbocycles. The van der Waals surface area contributed by atoms with E-state index in [4.69, 9.17) is 5.11 Å².